The molecule has 0 spiro atoms. The van der Waals surface area contributed by atoms with Crippen LogP contribution in [0.3, 0.4) is 0 Å². The van der Waals surface area contributed by atoms with E-state index in [1.54, 1.807) is 41.3 Å². The summed E-state index contributed by atoms with van der Waals surface area (Å²) in [5.74, 6) is 0.516. The topological polar surface area (TPSA) is 124 Å². The van der Waals surface area contributed by atoms with E-state index in [1.165, 1.54) is 30.6 Å². The number of hydrogen-bond acceptors (Lipinski definition) is 10. The number of esters is 1. The van der Waals surface area contributed by atoms with E-state index < -0.39 is 5.97 Å². The van der Waals surface area contributed by atoms with Crippen molar-refractivity contribution in [1.29, 1.82) is 0 Å². The molecule has 4 aromatic rings. The number of carbonyl (C=O) groups excluding carboxylic acids is 2. The minimum atomic E-state index is -0.433. The molecule has 12 heteroatoms. The first-order chi connectivity index (χ1) is 18.9. The molecule has 0 atom stereocenters. The van der Waals surface area contributed by atoms with E-state index in [-0.39, 0.29) is 24.3 Å². The largest absolute Gasteiger partial charge is 0.484 e. The van der Waals surface area contributed by atoms with Gasteiger partial charge in [-0.1, -0.05) is 23.5 Å². The molecule has 0 bridgehead atoms. The standard InChI is InChI=1S/C27H27FN6O4S/c1-37-26(36)18-5-9-20(10-6-18)38-16-22(35)33-12-14-34(15-13-33)24-23-25(32-27(29)31-24)39-21(30-23)11-4-17-2-7-19(28)8-3-17/h2-3,5-10H,4,11-16H2,1H3,(H2,29,31,32). The van der Waals surface area contributed by atoms with Crippen LogP contribution >= 0.6 is 11.3 Å². The summed E-state index contributed by atoms with van der Waals surface area (Å²) >= 11 is 1.48. The molecular weight excluding hydrogens is 523 g/mol. The number of halogens is 1. The van der Waals surface area contributed by atoms with Crippen molar-refractivity contribution in [1.82, 2.24) is 19.9 Å². The smallest absolute Gasteiger partial charge is 0.337 e. The first-order valence-corrected chi connectivity index (χ1v) is 13.2. The number of amides is 1. The number of rotatable bonds is 8. The average molecular weight is 551 g/mol. The van der Waals surface area contributed by atoms with E-state index >= 15 is 0 Å². The van der Waals surface area contributed by atoms with Crippen LogP contribution in [-0.4, -0.2) is 71.6 Å². The number of piperazine rings is 1. The highest BCUT2D eigenvalue weighted by molar-refractivity contribution is 7.18. The molecule has 1 amide bonds. The molecule has 1 aliphatic heterocycles. The zero-order valence-corrected chi connectivity index (χ0v) is 22.1. The van der Waals surface area contributed by atoms with Crippen LogP contribution in [0.1, 0.15) is 20.9 Å². The first kappa shape index (κ1) is 26.3. The number of anilines is 2. The number of aryl methyl sites for hydroxylation is 2. The fraction of sp³-hybridized carbons (Fsp3) is 0.296. The lowest BCUT2D eigenvalue weighted by Gasteiger charge is -2.35. The van der Waals surface area contributed by atoms with Crippen molar-refractivity contribution in [2.45, 2.75) is 12.8 Å². The van der Waals surface area contributed by atoms with Crippen molar-refractivity contribution in [2.24, 2.45) is 0 Å². The summed E-state index contributed by atoms with van der Waals surface area (Å²) < 4.78 is 23.5. The molecule has 2 aromatic carbocycles. The third kappa shape index (κ3) is 6.23. The summed E-state index contributed by atoms with van der Waals surface area (Å²) in [5, 5.41) is 0.904. The summed E-state index contributed by atoms with van der Waals surface area (Å²) in [6, 6.07) is 12.9. The predicted octanol–water partition coefficient (Wildman–Crippen LogP) is 3.11. The Kier molecular flexibility index (Phi) is 7.82. The molecule has 1 fully saturated rings. The molecular formula is C27H27FN6O4S. The highest BCUT2D eigenvalue weighted by Gasteiger charge is 2.25. The molecule has 1 saturated heterocycles. The minimum Gasteiger partial charge on any atom is -0.484 e. The Morgan fingerprint density at radius 1 is 0.974 bits per heavy atom. The molecule has 1 aliphatic rings. The van der Waals surface area contributed by atoms with Crippen molar-refractivity contribution in [3.05, 3.63) is 70.5 Å². The Morgan fingerprint density at radius 3 is 2.38 bits per heavy atom. The van der Waals surface area contributed by atoms with Gasteiger partial charge in [-0.15, -0.1) is 0 Å². The van der Waals surface area contributed by atoms with E-state index in [0.717, 1.165) is 21.8 Å². The number of carbonyl (C=O) groups is 2. The second kappa shape index (κ2) is 11.6. The lowest BCUT2D eigenvalue weighted by atomic mass is 10.1. The van der Waals surface area contributed by atoms with Crippen LogP contribution in [0, 0.1) is 5.82 Å². The fourth-order valence-electron chi connectivity index (χ4n) is 4.31. The number of methoxy groups -OCH3 is 1. The van der Waals surface area contributed by atoms with Gasteiger partial charge in [0.15, 0.2) is 17.3 Å². The van der Waals surface area contributed by atoms with E-state index in [0.29, 0.717) is 55.2 Å². The first-order valence-electron chi connectivity index (χ1n) is 12.4. The molecule has 0 aliphatic carbocycles. The van der Waals surface area contributed by atoms with Crippen LogP contribution < -0.4 is 15.4 Å². The maximum Gasteiger partial charge on any atom is 0.337 e. The van der Waals surface area contributed by atoms with E-state index in [1.807, 2.05) is 0 Å². The zero-order valence-electron chi connectivity index (χ0n) is 21.3. The summed E-state index contributed by atoms with van der Waals surface area (Å²) in [5.41, 5.74) is 8.15. The van der Waals surface area contributed by atoms with Gasteiger partial charge < -0.3 is 25.0 Å². The predicted molar refractivity (Wildman–Crippen MR) is 145 cm³/mol. The Hall–Kier alpha value is -4.32. The number of aromatic nitrogens is 3. The second-order valence-corrected chi connectivity index (χ2v) is 10.0. The fourth-order valence-corrected chi connectivity index (χ4v) is 5.24. The Labute approximate surface area is 228 Å². The van der Waals surface area contributed by atoms with Crippen LogP contribution in [0.25, 0.3) is 10.3 Å². The van der Waals surface area contributed by atoms with Crippen LogP contribution in [0.4, 0.5) is 16.2 Å². The molecule has 2 N–H and O–H groups in total. The van der Waals surface area contributed by atoms with Gasteiger partial charge >= 0.3 is 5.97 Å². The lowest BCUT2D eigenvalue weighted by Crippen LogP contribution is -2.50. The molecule has 3 heterocycles. The number of hydrogen-bond donors (Lipinski definition) is 1. The second-order valence-electron chi connectivity index (χ2n) is 8.97. The van der Waals surface area contributed by atoms with Gasteiger partial charge in [0.05, 0.1) is 17.7 Å². The van der Waals surface area contributed by atoms with Gasteiger partial charge in [-0.2, -0.15) is 4.98 Å². The van der Waals surface area contributed by atoms with Crippen LogP contribution in [0.2, 0.25) is 0 Å². The van der Waals surface area contributed by atoms with E-state index in [2.05, 4.69) is 19.6 Å². The third-order valence-corrected chi connectivity index (χ3v) is 7.42. The van der Waals surface area contributed by atoms with E-state index in [4.69, 9.17) is 15.5 Å². The number of nitrogen functional groups attached to an aromatic ring is 1. The molecule has 2 aromatic heterocycles. The SMILES string of the molecule is COC(=O)c1ccc(OCC(=O)N2CCN(c3nc(N)nc4sc(CCc5ccc(F)cc5)nc34)CC2)cc1. The Bertz CT molecular complexity index is 1470. The number of thiazole rings is 1. The van der Waals surface area contributed by atoms with Crippen molar-refractivity contribution in [3.63, 3.8) is 0 Å². The van der Waals surface area contributed by atoms with Crippen molar-refractivity contribution in [2.75, 3.05) is 50.5 Å². The number of nitrogens with two attached hydrogens (primary N) is 1. The maximum atomic E-state index is 13.2. The van der Waals surface area contributed by atoms with Gasteiger partial charge in [0.25, 0.3) is 5.91 Å². The summed E-state index contributed by atoms with van der Waals surface area (Å²) in [4.78, 5) is 42.5. The lowest BCUT2D eigenvalue weighted by molar-refractivity contribution is -0.133. The molecule has 10 nitrogen and oxygen atoms in total. The number of benzene rings is 2. The van der Waals surface area contributed by atoms with Gasteiger partial charge in [-0.3, -0.25) is 4.79 Å². The molecule has 0 radical (unpaired) electrons. The summed E-state index contributed by atoms with van der Waals surface area (Å²) in [6.07, 6.45) is 1.43. The Balaban J connectivity index is 1.18. The van der Waals surface area contributed by atoms with E-state index in [9.17, 15) is 14.0 Å². The molecule has 202 valence electrons. The van der Waals surface area contributed by atoms with Crippen LogP contribution in [-0.2, 0) is 22.4 Å². The maximum absolute atomic E-state index is 13.2. The quantitative estimate of drug-likeness (QED) is 0.330. The monoisotopic (exact) mass is 550 g/mol. The van der Waals surface area contributed by atoms with Gasteiger partial charge in [0.1, 0.15) is 17.1 Å². The van der Waals surface area contributed by atoms with Crippen molar-refractivity contribution < 1.29 is 23.5 Å². The number of ether oxygens (including phenoxy) is 2. The summed E-state index contributed by atoms with van der Waals surface area (Å²) in [7, 11) is 1.32. The minimum absolute atomic E-state index is 0.105. The third-order valence-electron chi connectivity index (χ3n) is 6.41. The molecule has 0 unspecified atom stereocenters. The van der Waals surface area contributed by atoms with Crippen LogP contribution in [0.5, 0.6) is 5.75 Å². The Morgan fingerprint density at radius 2 is 1.69 bits per heavy atom. The van der Waals surface area contributed by atoms with Crippen molar-refractivity contribution in [3.8, 4) is 5.75 Å². The highest BCUT2D eigenvalue weighted by atomic mass is 32.1. The zero-order chi connectivity index (χ0) is 27.4. The van der Waals surface area contributed by atoms with Crippen molar-refractivity contribution >= 4 is 45.3 Å². The normalized spacial score (nSPS) is 13.5. The summed E-state index contributed by atoms with van der Waals surface area (Å²) in [6.45, 7) is 2.01. The van der Waals surface area contributed by atoms with Gasteiger partial charge in [-0.05, 0) is 48.4 Å². The number of nitrogens with zero attached hydrogens (tertiary/aromatic N) is 5. The average Bonchev–Trinajstić information content (AvgIpc) is 3.38. The van der Waals surface area contributed by atoms with Gasteiger partial charge in [-0.25, -0.2) is 19.2 Å². The molecule has 5 rings (SSSR count). The molecule has 39 heavy (non-hydrogen) atoms. The van der Waals surface area contributed by atoms with Crippen LogP contribution in [0.15, 0.2) is 48.5 Å². The van der Waals surface area contributed by atoms with Gasteiger partial charge in [0, 0.05) is 32.6 Å². The molecule has 0 saturated carbocycles. The highest BCUT2D eigenvalue weighted by Crippen LogP contribution is 2.30. The van der Waals surface area contributed by atoms with Gasteiger partial charge in [0.2, 0.25) is 5.95 Å². The number of fused-ring (bicyclic) bond motifs is 1.